The first-order valence-corrected chi connectivity index (χ1v) is 6.14. The Morgan fingerprint density at radius 3 is 2.71 bits per heavy atom. The van der Waals surface area contributed by atoms with Crippen LogP contribution in [0.3, 0.4) is 0 Å². The van der Waals surface area contributed by atoms with E-state index in [2.05, 4.69) is 17.5 Å². The lowest BCUT2D eigenvalue weighted by molar-refractivity contribution is 0.453. The molecule has 0 bridgehead atoms. The van der Waals surface area contributed by atoms with Crippen molar-refractivity contribution in [3.63, 3.8) is 0 Å². The maximum Gasteiger partial charge on any atom is 0.124 e. The summed E-state index contributed by atoms with van der Waals surface area (Å²) >= 11 is 6.04. The molecular weight excluding hydrogens is 239 g/mol. The second-order valence-electron chi connectivity index (χ2n) is 4.26. The Morgan fingerprint density at radius 2 is 2.12 bits per heavy atom. The SMILES string of the molecule is NCC(NC1CC=CC1)c1ccc(F)cc1Cl. The third-order valence-corrected chi connectivity index (χ3v) is 3.35. The second-order valence-corrected chi connectivity index (χ2v) is 4.67. The lowest BCUT2D eigenvalue weighted by atomic mass is 10.0. The predicted molar refractivity (Wildman–Crippen MR) is 68.5 cm³/mol. The minimum absolute atomic E-state index is 0.0204. The van der Waals surface area contributed by atoms with Crippen LogP contribution in [0.15, 0.2) is 30.4 Å². The van der Waals surface area contributed by atoms with Crippen LogP contribution in [0.1, 0.15) is 24.4 Å². The van der Waals surface area contributed by atoms with Crippen LogP contribution in [0.2, 0.25) is 5.02 Å². The first kappa shape index (κ1) is 12.6. The highest BCUT2D eigenvalue weighted by molar-refractivity contribution is 6.31. The topological polar surface area (TPSA) is 38.0 Å². The molecule has 1 unspecified atom stereocenters. The quantitative estimate of drug-likeness (QED) is 0.811. The highest BCUT2D eigenvalue weighted by atomic mass is 35.5. The summed E-state index contributed by atoms with van der Waals surface area (Å²) in [5.74, 6) is -0.322. The largest absolute Gasteiger partial charge is 0.329 e. The fourth-order valence-electron chi connectivity index (χ4n) is 2.11. The fraction of sp³-hybridized carbons (Fsp3) is 0.385. The van der Waals surface area contributed by atoms with Gasteiger partial charge in [-0.25, -0.2) is 4.39 Å². The number of rotatable bonds is 4. The van der Waals surface area contributed by atoms with E-state index in [4.69, 9.17) is 17.3 Å². The van der Waals surface area contributed by atoms with Crippen LogP contribution in [-0.4, -0.2) is 12.6 Å². The van der Waals surface area contributed by atoms with Crippen molar-refractivity contribution in [2.75, 3.05) is 6.54 Å². The molecule has 1 aromatic carbocycles. The molecule has 92 valence electrons. The molecule has 1 aliphatic carbocycles. The average Bonchev–Trinajstić information content (AvgIpc) is 2.79. The molecule has 1 aromatic rings. The van der Waals surface area contributed by atoms with Gasteiger partial charge in [0.15, 0.2) is 0 Å². The number of hydrogen-bond donors (Lipinski definition) is 2. The van der Waals surface area contributed by atoms with Gasteiger partial charge in [-0.15, -0.1) is 0 Å². The molecule has 0 amide bonds. The van der Waals surface area contributed by atoms with Crippen LogP contribution in [0, 0.1) is 5.82 Å². The molecule has 2 rings (SSSR count). The Balaban J connectivity index is 2.11. The van der Waals surface area contributed by atoms with Gasteiger partial charge in [0.05, 0.1) is 0 Å². The van der Waals surface area contributed by atoms with E-state index in [-0.39, 0.29) is 11.9 Å². The lowest BCUT2D eigenvalue weighted by Gasteiger charge is -2.23. The lowest BCUT2D eigenvalue weighted by Crippen LogP contribution is -2.35. The molecule has 4 heteroatoms. The van der Waals surface area contributed by atoms with E-state index in [9.17, 15) is 4.39 Å². The molecule has 0 saturated carbocycles. The molecule has 1 atom stereocenters. The number of nitrogens with one attached hydrogen (secondary N) is 1. The number of nitrogens with two attached hydrogens (primary N) is 1. The summed E-state index contributed by atoms with van der Waals surface area (Å²) in [5.41, 5.74) is 6.62. The molecule has 0 aromatic heterocycles. The molecule has 0 radical (unpaired) electrons. The maximum atomic E-state index is 13.0. The zero-order chi connectivity index (χ0) is 12.3. The Morgan fingerprint density at radius 1 is 1.41 bits per heavy atom. The smallest absolute Gasteiger partial charge is 0.124 e. The van der Waals surface area contributed by atoms with Crippen LogP contribution in [-0.2, 0) is 0 Å². The molecular formula is C13H16ClFN2. The number of benzene rings is 1. The molecule has 0 spiro atoms. The van der Waals surface area contributed by atoms with E-state index in [1.54, 1.807) is 6.07 Å². The molecule has 0 saturated heterocycles. The van der Waals surface area contributed by atoms with E-state index < -0.39 is 0 Å². The van der Waals surface area contributed by atoms with Gasteiger partial charge in [0.1, 0.15) is 5.82 Å². The van der Waals surface area contributed by atoms with Crippen LogP contribution in [0.25, 0.3) is 0 Å². The van der Waals surface area contributed by atoms with Gasteiger partial charge in [-0.3, -0.25) is 0 Å². The van der Waals surface area contributed by atoms with Gasteiger partial charge in [-0.2, -0.15) is 0 Å². The van der Waals surface area contributed by atoms with Gasteiger partial charge in [0.25, 0.3) is 0 Å². The second kappa shape index (κ2) is 5.63. The molecule has 2 nitrogen and oxygen atoms in total. The van der Waals surface area contributed by atoms with E-state index in [1.165, 1.54) is 12.1 Å². The summed E-state index contributed by atoms with van der Waals surface area (Å²) in [4.78, 5) is 0. The maximum absolute atomic E-state index is 13.0. The third-order valence-electron chi connectivity index (χ3n) is 3.02. The normalized spacial score (nSPS) is 17.6. The highest BCUT2D eigenvalue weighted by Gasteiger charge is 2.18. The Kier molecular flexibility index (Phi) is 4.15. The standard InChI is InChI=1S/C13H16ClFN2/c14-12-7-9(15)5-6-11(12)13(8-16)17-10-3-1-2-4-10/h1-2,5-7,10,13,17H,3-4,8,16H2. The Hall–Kier alpha value is -0.900. The van der Waals surface area contributed by atoms with Gasteiger partial charge >= 0.3 is 0 Å². The van der Waals surface area contributed by atoms with Crippen molar-refractivity contribution in [1.29, 1.82) is 0 Å². The number of hydrogen-bond acceptors (Lipinski definition) is 2. The highest BCUT2D eigenvalue weighted by Crippen LogP contribution is 2.25. The van der Waals surface area contributed by atoms with Gasteiger partial charge in [-0.05, 0) is 30.5 Å². The van der Waals surface area contributed by atoms with Crippen LogP contribution >= 0.6 is 11.6 Å². The summed E-state index contributed by atoms with van der Waals surface area (Å²) in [6.07, 6.45) is 6.32. The Labute approximate surface area is 106 Å². The molecule has 0 aliphatic heterocycles. The van der Waals surface area contributed by atoms with Crippen molar-refractivity contribution in [3.05, 3.63) is 46.8 Å². The summed E-state index contributed by atoms with van der Waals surface area (Å²) < 4.78 is 13.0. The minimum atomic E-state index is -0.322. The molecule has 17 heavy (non-hydrogen) atoms. The third kappa shape index (κ3) is 3.06. The summed E-state index contributed by atoms with van der Waals surface area (Å²) in [6, 6.07) is 4.83. The van der Waals surface area contributed by atoms with Gasteiger partial charge in [0, 0.05) is 23.7 Å². The van der Waals surface area contributed by atoms with E-state index in [0.29, 0.717) is 17.6 Å². The van der Waals surface area contributed by atoms with E-state index in [0.717, 1.165) is 18.4 Å². The van der Waals surface area contributed by atoms with Gasteiger partial charge in [-0.1, -0.05) is 29.8 Å². The molecule has 0 heterocycles. The van der Waals surface area contributed by atoms with Crippen molar-refractivity contribution in [3.8, 4) is 0 Å². The van der Waals surface area contributed by atoms with Crippen LogP contribution in [0.4, 0.5) is 4.39 Å². The predicted octanol–water partition coefficient (Wildman–Crippen LogP) is 2.79. The first-order valence-electron chi connectivity index (χ1n) is 5.76. The monoisotopic (exact) mass is 254 g/mol. The molecule has 0 fully saturated rings. The van der Waals surface area contributed by atoms with Crippen LogP contribution in [0.5, 0.6) is 0 Å². The van der Waals surface area contributed by atoms with E-state index in [1.807, 2.05) is 0 Å². The van der Waals surface area contributed by atoms with Crippen molar-refractivity contribution >= 4 is 11.6 Å². The van der Waals surface area contributed by atoms with Crippen LogP contribution < -0.4 is 11.1 Å². The Bertz CT molecular complexity index is 412. The van der Waals surface area contributed by atoms with E-state index >= 15 is 0 Å². The van der Waals surface area contributed by atoms with Crippen molar-refractivity contribution in [2.45, 2.75) is 24.9 Å². The van der Waals surface area contributed by atoms with Gasteiger partial charge in [0.2, 0.25) is 0 Å². The first-order chi connectivity index (χ1) is 8.20. The zero-order valence-electron chi connectivity index (χ0n) is 9.50. The summed E-state index contributed by atoms with van der Waals surface area (Å²) in [5, 5.41) is 3.88. The molecule has 1 aliphatic rings. The van der Waals surface area contributed by atoms with Crippen molar-refractivity contribution in [2.24, 2.45) is 5.73 Å². The van der Waals surface area contributed by atoms with Gasteiger partial charge < -0.3 is 11.1 Å². The fourth-order valence-corrected chi connectivity index (χ4v) is 2.41. The summed E-state index contributed by atoms with van der Waals surface area (Å²) in [7, 11) is 0. The van der Waals surface area contributed by atoms with Crippen molar-refractivity contribution < 1.29 is 4.39 Å². The average molecular weight is 255 g/mol. The molecule has 3 N–H and O–H groups in total. The summed E-state index contributed by atoms with van der Waals surface area (Å²) in [6.45, 7) is 0.446. The van der Waals surface area contributed by atoms with Crippen molar-refractivity contribution in [1.82, 2.24) is 5.32 Å². The number of halogens is 2. The zero-order valence-corrected chi connectivity index (χ0v) is 10.3. The minimum Gasteiger partial charge on any atom is -0.329 e.